The number of amides is 1. The molecular weight excluding hydrogens is 269 g/mol. The van der Waals surface area contributed by atoms with Gasteiger partial charge < -0.3 is 5.32 Å². The molecule has 1 amide bonds. The highest BCUT2D eigenvalue weighted by atomic mass is 32.2. The number of nitrogens with one attached hydrogen (secondary N) is 1. The maximum absolute atomic E-state index is 13.5. The van der Waals surface area contributed by atoms with Crippen molar-refractivity contribution in [1.82, 2.24) is 5.32 Å². The Morgan fingerprint density at radius 3 is 2.83 bits per heavy atom. The number of carbonyl (C=O) groups is 1. The first-order valence-corrected chi connectivity index (χ1v) is 7.55. The standard InChI is InChI=1S/C13H16FNOS2/c1-18-13(5-2-6-13)8-15-12(16)10-7-9(17)3-4-11(10)14/h3-4,7,17H,2,5-6,8H2,1H3,(H,15,16). The topological polar surface area (TPSA) is 29.1 Å². The Bertz CT molecular complexity index is 455. The number of carbonyl (C=O) groups excluding carboxylic acids is 1. The van der Waals surface area contributed by atoms with E-state index in [0.29, 0.717) is 11.4 Å². The summed E-state index contributed by atoms with van der Waals surface area (Å²) in [7, 11) is 0. The van der Waals surface area contributed by atoms with Gasteiger partial charge in [0, 0.05) is 16.2 Å². The van der Waals surface area contributed by atoms with Gasteiger partial charge in [0.1, 0.15) is 5.82 Å². The minimum atomic E-state index is -0.503. The summed E-state index contributed by atoms with van der Waals surface area (Å²) in [4.78, 5) is 12.5. The Hall–Kier alpha value is -0.680. The van der Waals surface area contributed by atoms with Gasteiger partial charge in [-0.3, -0.25) is 4.79 Å². The van der Waals surface area contributed by atoms with Crippen molar-refractivity contribution in [3.05, 3.63) is 29.6 Å². The average Bonchev–Trinajstić information content (AvgIpc) is 2.31. The second kappa shape index (κ2) is 5.53. The summed E-state index contributed by atoms with van der Waals surface area (Å²) in [6.07, 6.45) is 5.49. The molecule has 0 spiro atoms. The van der Waals surface area contributed by atoms with Gasteiger partial charge in [0.25, 0.3) is 5.91 Å². The molecule has 1 aliphatic carbocycles. The third kappa shape index (κ3) is 2.83. The lowest BCUT2D eigenvalue weighted by Crippen LogP contribution is -2.45. The van der Waals surface area contributed by atoms with Crippen LogP contribution in [0.15, 0.2) is 23.1 Å². The molecule has 0 bridgehead atoms. The highest BCUT2D eigenvalue weighted by Gasteiger charge is 2.36. The summed E-state index contributed by atoms with van der Waals surface area (Å²) in [5, 5.41) is 2.83. The summed E-state index contributed by atoms with van der Waals surface area (Å²) in [6.45, 7) is 0.600. The van der Waals surface area contributed by atoms with Gasteiger partial charge in [0.15, 0.2) is 0 Å². The molecule has 1 aliphatic rings. The molecule has 0 saturated heterocycles. The van der Waals surface area contributed by atoms with Crippen LogP contribution in [0.25, 0.3) is 0 Å². The zero-order chi connectivity index (χ0) is 13.2. The second-order valence-electron chi connectivity index (χ2n) is 4.59. The molecule has 18 heavy (non-hydrogen) atoms. The van der Waals surface area contributed by atoms with Crippen LogP contribution in [0, 0.1) is 5.82 Å². The molecule has 0 aliphatic heterocycles. The monoisotopic (exact) mass is 285 g/mol. The summed E-state index contributed by atoms with van der Waals surface area (Å²) >= 11 is 5.90. The van der Waals surface area contributed by atoms with Crippen LogP contribution in [-0.4, -0.2) is 23.5 Å². The molecule has 1 fully saturated rings. The van der Waals surface area contributed by atoms with E-state index in [1.165, 1.54) is 24.6 Å². The molecule has 1 aromatic rings. The van der Waals surface area contributed by atoms with E-state index in [0.717, 1.165) is 12.8 Å². The predicted octanol–water partition coefficient (Wildman–Crippen LogP) is 3.13. The highest BCUT2D eigenvalue weighted by Crippen LogP contribution is 2.42. The molecule has 98 valence electrons. The Morgan fingerprint density at radius 2 is 2.28 bits per heavy atom. The van der Waals surface area contributed by atoms with Crippen molar-refractivity contribution >= 4 is 30.3 Å². The molecule has 1 N–H and O–H groups in total. The Labute approximate surface area is 116 Å². The molecule has 0 radical (unpaired) electrons. The zero-order valence-corrected chi connectivity index (χ0v) is 11.9. The van der Waals surface area contributed by atoms with Crippen molar-refractivity contribution in [2.45, 2.75) is 28.9 Å². The number of halogens is 1. The minimum absolute atomic E-state index is 0.0677. The van der Waals surface area contributed by atoms with E-state index in [9.17, 15) is 9.18 Å². The first kappa shape index (κ1) is 13.7. The second-order valence-corrected chi connectivity index (χ2v) is 6.38. The van der Waals surface area contributed by atoms with Gasteiger partial charge in [-0.1, -0.05) is 6.42 Å². The number of hydrogen-bond donors (Lipinski definition) is 2. The Morgan fingerprint density at radius 1 is 1.56 bits per heavy atom. The van der Waals surface area contributed by atoms with Gasteiger partial charge in [-0.15, -0.1) is 12.6 Å². The van der Waals surface area contributed by atoms with Gasteiger partial charge in [0.2, 0.25) is 0 Å². The van der Waals surface area contributed by atoms with Crippen LogP contribution in [-0.2, 0) is 0 Å². The first-order chi connectivity index (χ1) is 8.56. The third-order valence-corrected chi connectivity index (χ3v) is 5.16. The van der Waals surface area contributed by atoms with Gasteiger partial charge in [-0.2, -0.15) is 11.8 Å². The molecule has 0 aromatic heterocycles. The van der Waals surface area contributed by atoms with Crippen LogP contribution in [0.5, 0.6) is 0 Å². The molecule has 0 heterocycles. The van der Waals surface area contributed by atoms with Gasteiger partial charge >= 0.3 is 0 Å². The first-order valence-electron chi connectivity index (χ1n) is 5.88. The number of hydrogen-bond acceptors (Lipinski definition) is 3. The quantitative estimate of drug-likeness (QED) is 0.832. The maximum Gasteiger partial charge on any atom is 0.254 e. The fourth-order valence-corrected chi connectivity index (χ4v) is 3.17. The van der Waals surface area contributed by atoms with Crippen molar-refractivity contribution in [2.24, 2.45) is 0 Å². The maximum atomic E-state index is 13.5. The largest absolute Gasteiger partial charge is 0.351 e. The molecule has 5 heteroatoms. The van der Waals surface area contributed by atoms with E-state index in [2.05, 4.69) is 24.2 Å². The van der Waals surface area contributed by atoms with E-state index in [1.807, 2.05) is 0 Å². The fraction of sp³-hybridized carbons (Fsp3) is 0.462. The lowest BCUT2D eigenvalue weighted by atomic mass is 9.84. The normalized spacial score (nSPS) is 17.1. The SMILES string of the molecule is CSC1(CNC(=O)c2cc(S)ccc2F)CCC1. The fourth-order valence-electron chi connectivity index (χ4n) is 2.05. The van der Waals surface area contributed by atoms with Crippen LogP contribution < -0.4 is 5.32 Å². The minimum Gasteiger partial charge on any atom is -0.351 e. The summed E-state index contributed by atoms with van der Waals surface area (Å²) < 4.78 is 13.7. The molecule has 0 atom stereocenters. The number of rotatable bonds is 4. The van der Waals surface area contributed by atoms with Crippen LogP contribution in [0.2, 0.25) is 0 Å². The average molecular weight is 285 g/mol. The van der Waals surface area contributed by atoms with Crippen molar-refractivity contribution < 1.29 is 9.18 Å². The lowest BCUT2D eigenvalue weighted by molar-refractivity contribution is 0.0939. The smallest absolute Gasteiger partial charge is 0.254 e. The highest BCUT2D eigenvalue weighted by molar-refractivity contribution is 8.00. The van der Waals surface area contributed by atoms with Crippen LogP contribution in [0.1, 0.15) is 29.6 Å². The molecule has 0 unspecified atom stereocenters. The van der Waals surface area contributed by atoms with Gasteiger partial charge in [-0.05, 0) is 37.3 Å². The molecule has 1 aromatic carbocycles. The third-order valence-electron chi connectivity index (χ3n) is 3.46. The summed E-state index contributed by atoms with van der Waals surface area (Å²) in [5.41, 5.74) is 0.0677. The molecule has 1 saturated carbocycles. The van der Waals surface area contributed by atoms with Crippen LogP contribution in [0.4, 0.5) is 4.39 Å². The predicted molar refractivity (Wildman–Crippen MR) is 76.1 cm³/mol. The van der Waals surface area contributed by atoms with E-state index in [-0.39, 0.29) is 16.2 Å². The Balaban J connectivity index is 2.01. The van der Waals surface area contributed by atoms with Gasteiger partial charge in [-0.25, -0.2) is 4.39 Å². The zero-order valence-electron chi connectivity index (χ0n) is 10.2. The van der Waals surface area contributed by atoms with Crippen molar-refractivity contribution in [3.8, 4) is 0 Å². The molecular formula is C13H16FNOS2. The van der Waals surface area contributed by atoms with Crippen LogP contribution >= 0.6 is 24.4 Å². The Kier molecular flexibility index (Phi) is 4.22. The summed E-state index contributed by atoms with van der Waals surface area (Å²) in [5.74, 6) is -0.860. The lowest BCUT2D eigenvalue weighted by Gasteiger charge is -2.40. The van der Waals surface area contributed by atoms with E-state index >= 15 is 0 Å². The summed E-state index contributed by atoms with van der Waals surface area (Å²) in [6, 6.07) is 4.26. The van der Waals surface area contributed by atoms with E-state index in [1.54, 1.807) is 11.8 Å². The van der Waals surface area contributed by atoms with Crippen molar-refractivity contribution in [1.29, 1.82) is 0 Å². The van der Waals surface area contributed by atoms with Crippen LogP contribution in [0.3, 0.4) is 0 Å². The van der Waals surface area contributed by atoms with E-state index < -0.39 is 5.82 Å². The van der Waals surface area contributed by atoms with Gasteiger partial charge in [0.05, 0.1) is 5.56 Å². The number of benzene rings is 1. The number of thioether (sulfide) groups is 1. The molecule has 2 nitrogen and oxygen atoms in total. The molecule has 2 rings (SSSR count). The number of thiol groups is 1. The van der Waals surface area contributed by atoms with E-state index in [4.69, 9.17) is 0 Å². The van der Waals surface area contributed by atoms with Crippen molar-refractivity contribution in [3.63, 3.8) is 0 Å². The van der Waals surface area contributed by atoms with Crippen molar-refractivity contribution in [2.75, 3.05) is 12.8 Å².